The molecular formula is C22H28N2O3. The molecule has 5 heteroatoms. The number of primary amides is 1. The second kappa shape index (κ2) is 9.21. The first-order chi connectivity index (χ1) is 12.8. The monoisotopic (exact) mass is 368 g/mol. The van der Waals surface area contributed by atoms with Crippen LogP contribution in [-0.4, -0.2) is 24.0 Å². The van der Waals surface area contributed by atoms with Gasteiger partial charge in [-0.3, -0.25) is 9.59 Å². The maximum absolute atomic E-state index is 12.6. The van der Waals surface area contributed by atoms with E-state index < -0.39 is 18.1 Å². The van der Waals surface area contributed by atoms with Crippen LogP contribution in [0, 0.1) is 6.92 Å². The van der Waals surface area contributed by atoms with Gasteiger partial charge >= 0.3 is 0 Å². The lowest BCUT2D eigenvalue weighted by Gasteiger charge is -2.22. The number of rotatable bonds is 8. The first-order valence-electron chi connectivity index (χ1n) is 9.18. The van der Waals surface area contributed by atoms with Crippen LogP contribution in [-0.2, 0) is 16.0 Å². The molecule has 0 saturated heterocycles. The molecule has 2 aromatic rings. The summed E-state index contributed by atoms with van der Waals surface area (Å²) in [6.45, 7) is 7.80. The van der Waals surface area contributed by atoms with Crippen LogP contribution >= 0.6 is 0 Å². The van der Waals surface area contributed by atoms with E-state index in [9.17, 15) is 9.59 Å². The molecule has 0 spiro atoms. The molecule has 3 N–H and O–H groups in total. The topological polar surface area (TPSA) is 81.4 Å². The minimum atomic E-state index is -0.784. The Bertz CT molecular complexity index is 787. The molecule has 2 amide bonds. The van der Waals surface area contributed by atoms with E-state index in [0.717, 1.165) is 16.7 Å². The van der Waals surface area contributed by atoms with Crippen molar-refractivity contribution < 1.29 is 14.3 Å². The van der Waals surface area contributed by atoms with Gasteiger partial charge in [0.25, 0.3) is 5.91 Å². The van der Waals surface area contributed by atoms with Crippen LogP contribution < -0.4 is 15.8 Å². The molecule has 0 fully saturated rings. The number of ether oxygens (including phenoxy) is 1. The van der Waals surface area contributed by atoms with Crippen LogP contribution in [0.2, 0.25) is 0 Å². The van der Waals surface area contributed by atoms with E-state index >= 15 is 0 Å². The lowest BCUT2D eigenvalue weighted by molar-refractivity contribution is -0.131. The summed E-state index contributed by atoms with van der Waals surface area (Å²) in [6, 6.07) is 14.6. The summed E-state index contributed by atoms with van der Waals surface area (Å²) in [5.74, 6) is 0.0161. The van der Waals surface area contributed by atoms with Gasteiger partial charge in [0.05, 0.1) is 0 Å². The Hall–Kier alpha value is -2.82. The maximum atomic E-state index is 12.6. The van der Waals surface area contributed by atoms with Crippen molar-refractivity contribution >= 4 is 11.8 Å². The van der Waals surface area contributed by atoms with E-state index in [4.69, 9.17) is 10.5 Å². The van der Waals surface area contributed by atoms with Gasteiger partial charge in [-0.05, 0) is 42.5 Å². The molecule has 0 bridgehead atoms. The van der Waals surface area contributed by atoms with Gasteiger partial charge in [-0.1, -0.05) is 56.3 Å². The highest BCUT2D eigenvalue weighted by Crippen LogP contribution is 2.28. The Labute approximate surface area is 160 Å². The fraction of sp³-hybridized carbons (Fsp3) is 0.364. The fourth-order valence-corrected chi connectivity index (χ4v) is 2.83. The number of benzene rings is 2. The van der Waals surface area contributed by atoms with Gasteiger partial charge in [0.2, 0.25) is 5.91 Å². The van der Waals surface area contributed by atoms with Crippen molar-refractivity contribution in [2.75, 3.05) is 0 Å². The van der Waals surface area contributed by atoms with Crippen molar-refractivity contribution in [3.63, 3.8) is 0 Å². The van der Waals surface area contributed by atoms with Crippen LogP contribution in [0.4, 0.5) is 0 Å². The zero-order valence-electron chi connectivity index (χ0n) is 16.4. The molecule has 0 aliphatic carbocycles. The highest BCUT2D eigenvalue weighted by Gasteiger charge is 2.24. The van der Waals surface area contributed by atoms with Gasteiger partial charge in [0.15, 0.2) is 6.10 Å². The fourth-order valence-electron chi connectivity index (χ4n) is 2.83. The lowest BCUT2D eigenvalue weighted by Crippen LogP contribution is -2.49. The largest absolute Gasteiger partial charge is 0.481 e. The predicted octanol–water partition coefficient (Wildman–Crippen LogP) is 3.10. The quantitative estimate of drug-likeness (QED) is 0.751. The molecule has 0 heterocycles. The highest BCUT2D eigenvalue weighted by atomic mass is 16.5. The zero-order valence-corrected chi connectivity index (χ0v) is 16.4. The molecule has 0 aliphatic rings. The average Bonchev–Trinajstić information content (AvgIpc) is 2.61. The van der Waals surface area contributed by atoms with Crippen LogP contribution in [0.5, 0.6) is 5.75 Å². The van der Waals surface area contributed by atoms with Crippen molar-refractivity contribution in [3.05, 3.63) is 65.2 Å². The Kier molecular flexibility index (Phi) is 6.99. The number of carbonyl (C=O) groups is 2. The average molecular weight is 368 g/mol. The molecule has 5 nitrogen and oxygen atoms in total. The number of nitrogens with one attached hydrogen (secondary N) is 1. The van der Waals surface area contributed by atoms with Crippen LogP contribution in [0.25, 0.3) is 0 Å². The van der Waals surface area contributed by atoms with E-state index in [-0.39, 0.29) is 11.8 Å². The normalized spacial score (nSPS) is 13.1. The van der Waals surface area contributed by atoms with Gasteiger partial charge in [0, 0.05) is 6.42 Å². The molecular weight excluding hydrogens is 340 g/mol. The van der Waals surface area contributed by atoms with Crippen molar-refractivity contribution in [3.8, 4) is 5.75 Å². The summed E-state index contributed by atoms with van der Waals surface area (Å²) >= 11 is 0. The van der Waals surface area contributed by atoms with Gasteiger partial charge in [0.1, 0.15) is 11.8 Å². The number of carbonyl (C=O) groups excluding carboxylic acids is 2. The van der Waals surface area contributed by atoms with Crippen molar-refractivity contribution in [1.82, 2.24) is 5.32 Å². The summed E-state index contributed by atoms with van der Waals surface area (Å²) in [7, 11) is 0. The smallest absolute Gasteiger partial charge is 0.261 e. The Balaban J connectivity index is 2.07. The molecule has 27 heavy (non-hydrogen) atoms. The minimum Gasteiger partial charge on any atom is -0.481 e. The lowest BCUT2D eigenvalue weighted by atomic mass is 10.0. The summed E-state index contributed by atoms with van der Waals surface area (Å²) < 4.78 is 5.92. The van der Waals surface area contributed by atoms with Crippen LogP contribution in [0.1, 0.15) is 43.4 Å². The summed E-state index contributed by atoms with van der Waals surface area (Å²) in [5.41, 5.74) is 8.50. The highest BCUT2D eigenvalue weighted by molar-refractivity contribution is 5.88. The van der Waals surface area contributed by atoms with E-state index in [1.165, 1.54) is 0 Å². The SMILES string of the molecule is Cc1ccc(C(C)C)c(OC(C)C(=O)NC(Cc2ccccc2)C(N)=O)c1. The Morgan fingerprint density at radius 3 is 2.33 bits per heavy atom. The van der Waals surface area contributed by atoms with Gasteiger partial charge in [-0.2, -0.15) is 0 Å². The van der Waals surface area contributed by atoms with Crippen molar-refractivity contribution in [1.29, 1.82) is 0 Å². The summed E-state index contributed by atoms with van der Waals surface area (Å²) in [6.07, 6.45) is -0.405. The van der Waals surface area contributed by atoms with Crippen molar-refractivity contribution in [2.45, 2.75) is 52.2 Å². The molecule has 0 saturated carbocycles. The van der Waals surface area contributed by atoms with Crippen LogP contribution in [0.15, 0.2) is 48.5 Å². The molecule has 0 radical (unpaired) electrons. The Morgan fingerprint density at radius 2 is 1.74 bits per heavy atom. The van der Waals surface area contributed by atoms with Gasteiger partial charge < -0.3 is 15.8 Å². The van der Waals surface area contributed by atoms with Gasteiger partial charge in [-0.15, -0.1) is 0 Å². The third kappa shape index (κ3) is 5.84. The number of hydrogen-bond donors (Lipinski definition) is 2. The second-order valence-electron chi connectivity index (χ2n) is 7.11. The molecule has 2 aromatic carbocycles. The molecule has 2 atom stereocenters. The summed E-state index contributed by atoms with van der Waals surface area (Å²) in [5, 5.41) is 2.71. The molecule has 0 aromatic heterocycles. The number of amides is 2. The van der Waals surface area contributed by atoms with Crippen LogP contribution in [0.3, 0.4) is 0 Å². The molecule has 2 unspecified atom stereocenters. The predicted molar refractivity (Wildman–Crippen MR) is 107 cm³/mol. The molecule has 0 aliphatic heterocycles. The van der Waals surface area contributed by atoms with Gasteiger partial charge in [-0.25, -0.2) is 0 Å². The van der Waals surface area contributed by atoms with E-state index in [1.807, 2.05) is 55.5 Å². The first-order valence-corrected chi connectivity index (χ1v) is 9.18. The third-order valence-electron chi connectivity index (χ3n) is 4.41. The zero-order chi connectivity index (χ0) is 20.0. The van der Waals surface area contributed by atoms with E-state index in [1.54, 1.807) is 6.92 Å². The standard InChI is InChI=1S/C22H28N2O3/c1-14(2)18-11-10-15(3)12-20(18)27-16(4)22(26)24-19(21(23)25)13-17-8-6-5-7-9-17/h5-12,14,16,19H,13H2,1-4H3,(H2,23,25)(H,24,26). The van der Waals surface area contributed by atoms with E-state index in [2.05, 4.69) is 19.2 Å². The Morgan fingerprint density at radius 1 is 1.07 bits per heavy atom. The van der Waals surface area contributed by atoms with E-state index in [0.29, 0.717) is 12.2 Å². The number of nitrogens with two attached hydrogens (primary N) is 1. The summed E-state index contributed by atoms with van der Waals surface area (Å²) in [4.78, 5) is 24.3. The van der Waals surface area contributed by atoms with Crippen molar-refractivity contribution in [2.24, 2.45) is 5.73 Å². The number of hydrogen-bond acceptors (Lipinski definition) is 3. The molecule has 2 rings (SSSR count). The second-order valence-corrected chi connectivity index (χ2v) is 7.11. The molecule has 144 valence electrons. The number of aryl methyl sites for hydroxylation is 1. The maximum Gasteiger partial charge on any atom is 0.261 e. The first kappa shape index (κ1) is 20.5. The minimum absolute atomic E-state index is 0.271. The third-order valence-corrected chi connectivity index (χ3v) is 4.41.